The Morgan fingerprint density at radius 2 is 1.91 bits per heavy atom. The average molecular weight is 315 g/mol. The minimum absolute atomic E-state index is 0.0722. The summed E-state index contributed by atoms with van der Waals surface area (Å²) >= 11 is 0. The first-order valence-electron chi connectivity index (χ1n) is 7.32. The summed E-state index contributed by atoms with van der Waals surface area (Å²) in [6, 6.07) is 10.9. The maximum atomic E-state index is 13.1. The van der Waals surface area contributed by atoms with Gasteiger partial charge in [0.05, 0.1) is 5.56 Å². The van der Waals surface area contributed by atoms with Crippen LogP contribution in [0.15, 0.2) is 42.5 Å². The van der Waals surface area contributed by atoms with Gasteiger partial charge in [-0.2, -0.15) is 0 Å². The van der Waals surface area contributed by atoms with Crippen molar-refractivity contribution in [2.45, 2.75) is 20.3 Å². The van der Waals surface area contributed by atoms with E-state index in [1.54, 1.807) is 0 Å². The highest BCUT2D eigenvalue weighted by Gasteiger charge is 2.13. The van der Waals surface area contributed by atoms with Crippen LogP contribution in [0.3, 0.4) is 0 Å². The van der Waals surface area contributed by atoms with Crippen molar-refractivity contribution >= 4 is 17.6 Å². The molecular formula is C18H18FNO3. The summed E-state index contributed by atoms with van der Waals surface area (Å²) in [7, 11) is 0. The van der Waals surface area contributed by atoms with Gasteiger partial charge in [0, 0.05) is 5.69 Å². The van der Waals surface area contributed by atoms with Crippen LogP contribution in [0.4, 0.5) is 10.1 Å². The van der Waals surface area contributed by atoms with Crippen LogP contribution < -0.4 is 5.32 Å². The predicted molar refractivity (Wildman–Crippen MR) is 85.9 cm³/mol. The van der Waals surface area contributed by atoms with E-state index in [1.165, 1.54) is 18.2 Å². The number of rotatable bonds is 5. The number of anilines is 1. The van der Waals surface area contributed by atoms with Gasteiger partial charge in [-0.15, -0.1) is 0 Å². The second kappa shape index (κ2) is 7.54. The Bertz CT molecular complexity index is 728. The molecule has 0 radical (unpaired) electrons. The van der Waals surface area contributed by atoms with Crippen molar-refractivity contribution in [1.82, 2.24) is 0 Å². The van der Waals surface area contributed by atoms with E-state index in [0.29, 0.717) is 0 Å². The molecule has 0 aromatic heterocycles. The van der Waals surface area contributed by atoms with Crippen molar-refractivity contribution < 1.29 is 18.7 Å². The van der Waals surface area contributed by atoms with Crippen LogP contribution in [0.5, 0.6) is 0 Å². The smallest absolute Gasteiger partial charge is 0.338 e. The molecule has 1 N–H and O–H groups in total. The number of carbonyl (C=O) groups is 2. The van der Waals surface area contributed by atoms with E-state index >= 15 is 0 Å². The quantitative estimate of drug-likeness (QED) is 0.859. The Labute approximate surface area is 134 Å². The van der Waals surface area contributed by atoms with Crippen LogP contribution in [0, 0.1) is 12.7 Å². The summed E-state index contributed by atoms with van der Waals surface area (Å²) < 4.78 is 18.0. The van der Waals surface area contributed by atoms with E-state index in [-0.39, 0.29) is 5.56 Å². The van der Waals surface area contributed by atoms with Crippen molar-refractivity contribution in [3.63, 3.8) is 0 Å². The van der Waals surface area contributed by atoms with E-state index in [2.05, 4.69) is 5.32 Å². The van der Waals surface area contributed by atoms with E-state index in [9.17, 15) is 14.0 Å². The molecule has 2 aromatic carbocycles. The summed E-state index contributed by atoms with van der Waals surface area (Å²) in [5.41, 5.74) is 2.76. The topological polar surface area (TPSA) is 55.4 Å². The molecule has 0 spiro atoms. The predicted octanol–water partition coefficient (Wildman–Crippen LogP) is 3.49. The zero-order valence-corrected chi connectivity index (χ0v) is 13.1. The number of esters is 1. The maximum Gasteiger partial charge on any atom is 0.338 e. The number of hydrogen-bond donors (Lipinski definition) is 1. The van der Waals surface area contributed by atoms with Gasteiger partial charge in [0.1, 0.15) is 5.82 Å². The summed E-state index contributed by atoms with van der Waals surface area (Å²) in [5, 5.41) is 2.76. The van der Waals surface area contributed by atoms with Gasteiger partial charge in [-0.25, -0.2) is 9.18 Å². The monoisotopic (exact) mass is 315 g/mol. The van der Waals surface area contributed by atoms with Gasteiger partial charge < -0.3 is 10.1 Å². The number of halogens is 1. The molecule has 2 aromatic rings. The highest BCUT2D eigenvalue weighted by Crippen LogP contribution is 2.20. The van der Waals surface area contributed by atoms with Gasteiger partial charge >= 0.3 is 5.97 Å². The third kappa shape index (κ3) is 4.39. The molecule has 0 heterocycles. The molecule has 120 valence electrons. The highest BCUT2D eigenvalue weighted by molar-refractivity contribution is 5.96. The third-order valence-electron chi connectivity index (χ3n) is 3.40. The Kier molecular flexibility index (Phi) is 5.46. The van der Waals surface area contributed by atoms with Crippen molar-refractivity contribution in [3.05, 3.63) is 65.0 Å². The van der Waals surface area contributed by atoms with E-state index in [4.69, 9.17) is 4.74 Å². The molecule has 23 heavy (non-hydrogen) atoms. The first-order chi connectivity index (χ1) is 11.0. The molecule has 0 atom stereocenters. The Morgan fingerprint density at radius 3 is 2.61 bits per heavy atom. The van der Waals surface area contributed by atoms with Gasteiger partial charge in [-0.1, -0.05) is 31.2 Å². The molecule has 0 aliphatic heterocycles. The standard InChI is InChI=1S/C18H18FNO3/c1-3-13-7-4-6-12(2)17(13)20-16(21)11-23-18(22)14-8-5-9-15(19)10-14/h4-10H,3,11H2,1-2H3,(H,20,21). The molecular weight excluding hydrogens is 297 g/mol. The molecule has 0 aliphatic carbocycles. The van der Waals surface area contributed by atoms with Crippen LogP contribution in [0.25, 0.3) is 0 Å². The fraction of sp³-hybridized carbons (Fsp3) is 0.222. The van der Waals surface area contributed by atoms with Crippen molar-refractivity contribution in [3.8, 4) is 0 Å². The number of amides is 1. The first kappa shape index (κ1) is 16.7. The fourth-order valence-electron chi connectivity index (χ4n) is 2.21. The zero-order valence-electron chi connectivity index (χ0n) is 13.1. The number of nitrogens with one attached hydrogen (secondary N) is 1. The molecule has 0 aliphatic rings. The molecule has 5 heteroatoms. The second-order valence-electron chi connectivity index (χ2n) is 5.10. The van der Waals surface area contributed by atoms with Gasteiger partial charge in [0.25, 0.3) is 5.91 Å². The van der Waals surface area contributed by atoms with Crippen LogP contribution >= 0.6 is 0 Å². The SMILES string of the molecule is CCc1cccc(C)c1NC(=O)COC(=O)c1cccc(F)c1. The van der Waals surface area contributed by atoms with Crippen LogP contribution in [-0.2, 0) is 16.0 Å². The summed E-state index contributed by atoms with van der Waals surface area (Å²) in [6.07, 6.45) is 0.778. The number of ether oxygens (including phenoxy) is 1. The minimum Gasteiger partial charge on any atom is -0.452 e. The number of carbonyl (C=O) groups excluding carboxylic acids is 2. The number of aryl methyl sites for hydroxylation is 2. The Hall–Kier alpha value is -2.69. The highest BCUT2D eigenvalue weighted by atomic mass is 19.1. The molecule has 0 fully saturated rings. The maximum absolute atomic E-state index is 13.1. The van der Waals surface area contributed by atoms with E-state index in [1.807, 2.05) is 32.0 Å². The molecule has 4 nitrogen and oxygen atoms in total. The Morgan fingerprint density at radius 1 is 1.17 bits per heavy atom. The summed E-state index contributed by atoms with van der Waals surface area (Å²) in [4.78, 5) is 23.7. The number of benzene rings is 2. The lowest BCUT2D eigenvalue weighted by Gasteiger charge is -2.13. The lowest BCUT2D eigenvalue weighted by Crippen LogP contribution is -2.22. The van der Waals surface area contributed by atoms with Crippen molar-refractivity contribution in [2.24, 2.45) is 0 Å². The molecule has 0 bridgehead atoms. The summed E-state index contributed by atoms with van der Waals surface area (Å²) in [6.45, 7) is 3.47. The molecule has 0 unspecified atom stereocenters. The van der Waals surface area contributed by atoms with Crippen LogP contribution in [0.2, 0.25) is 0 Å². The van der Waals surface area contributed by atoms with Gasteiger partial charge in [-0.05, 0) is 42.7 Å². The molecule has 1 amide bonds. The lowest BCUT2D eigenvalue weighted by molar-refractivity contribution is -0.119. The van der Waals surface area contributed by atoms with Crippen molar-refractivity contribution in [2.75, 3.05) is 11.9 Å². The first-order valence-corrected chi connectivity index (χ1v) is 7.32. The molecule has 2 rings (SSSR count). The average Bonchev–Trinajstić information content (AvgIpc) is 2.54. The molecule has 0 saturated heterocycles. The fourth-order valence-corrected chi connectivity index (χ4v) is 2.21. The largest absolute Gasteiger partial charge is 0.452 e. The normalized spacial score (nSPS) is 10.2. The van der Waals surface area contributed by atoms with Crippen molar-refractivity contribution in [1.29, 1.82) is 0 Å². The number of hydrogen-bond acceptors (Lipinski definition) is 3. The van der Waals surface area contributed by atoms with E-state index in [0.717, 1.165) is 29.3 Å². The van der Waals surface area contributed by atoms with E-state index < -0.39 is 24.3 Å². The third-order valence-corrected chi connectivity index (χ3v) is 3.40. The Balaban J connectivity index is 1.97. The van der Waals surface area contributed by atoms with Gasteiger partial charge in [0.15, 0.2) is 6.61 Å². The molecule has 0 saturated carbocycles. The minimum atomic E-state index is -0.736. The van der Waals surface area contributed by atoms with Gasteiger partial charge in [0.2, 0.25) is 0 Å². The number of para-hydroxylation sites is 1. The lowest BCUT2D eigenvalue weighted by atomic mass is 10.1. The second-order valence-corrected chi connectivity index (χ2v) is 5.10. The van der Waals surface area contributed by atoms with Gasteiger partial charge in [-0.3, -0.25) is 4.79 Å². The summed E-state index contributed by atoms with van der Waals surface area (Å²) in [5.74, 6) is -1.70. The van der Waals surface area contributed by atoms with Crippen LogP contribution in [-0.4, -0.2) is 18.5 Å². The van der Waals surface area contributed by atoms with Crippen LogP contribution in [0.1, 0.15) is 28.4 Å². The zero-order chi connectivity index (χ0) is 16.8.